The molecule has 1 aromatic rings. The number of halogens is 1. The maximum absolute atomic E-state index is 12.4. The summed E-state index contributed by atoms with van der Waals surface area (Å²) in [5.41, 5.74) is 0.910. The molecule has 1 unspecified atom stereocenters. The van der Waals surface area contributed by atoms with E-state index in [4.69, 9.17) is 5.26 Å². The van der Waals surface area contributed by atoms with Crippen molar-refractivity contribution in [1.29, 1.82) is 5.26 Å². The summed E-state index contributed by atoms with van der Waals surface area (Å²) in [6.07, 6.45) is 5.73. The van der Waals surface area contributed by atoms with Crippen molar-refractivity contribution in [1.82, 2.24) is 9.88 Å². The van der Waals surface area contributed by atoms with E-state index < -0.39 is 0 Å². The highest BCUT2D eigenvalue weighted by Crippen LogP contribution is 2.22. The predicted molar refractivity (Wildman–Crippen MR) is 76.0 cm³/mol. The summed E-state index contributed by atoms with van der Waals surface area (Å²) in [5, 5.41) is 9.64. The third-order valence-electron chi connectivity index (χ3n) is 3.44. The number of hydrogen-bond acceptors (Lipinski definition) is 3. The molecule has 0 bridgehead atoms. The fraction of sp³-hybridized carbons (Fsp3) is 0.500. The van der Waals surface area contributed by atoms with E-state index in [0.29, 0.717) is 17.3 Å². The van der Waals surface area contributed by atoms with E-state index in [-0.39, 0.29) is 5.91 Å². The van der Waals surface area contributed by atoms with Gasteiger partial charge in [-0.05, 0) is 37.8 Å². The molecule has 0 radical (unpaired) electrons. The van der Waals surface area contributed by atoms with Crippen LogP contribution in [-0.2, 0) is 0 Å². The largest absolute Gasteiger partial charge is 0.334 e. The van der Waals surface area contributed by atoms with Gasteiger partial charge >= 0.3 is 0 Å². The Morgan fingerprint density at radius 1 is 1.53 bits per heavy atom. The molecule has 5 heteroatoms. The monoisotopic (exact) mass is 321 g/mol. The Bertz CT molecular complexity index is 478. The highest BCUT2D eigenvalue weighted by Gasteiger charge is 2.27. The van der Waals surface area contributed by atoms with Gasteiger partial charge in [-0.15, -0.1) is 0 Å². The Hall–Kier alpha value is -1.41. The number of alkyl halides is 1. The second kappa shape index (κ2) is 6.67. The molecule has 4 nitrogen and oxygen atoms in total. The van der Waals surface area contributed by atoms with E-state index in [1.807, 2.05) is 11.0 Å². The lowest BCUT2D eigenvalue weighted by Gasteiger charge is -2.35. The minimum absolute atomic E-state index is 0.0184. The van der Waals surface area contributed by atoms with Crippen molar-refractivity contribution in [3.8, 4) is 6.07 Å². The van der Waals surface area contributed by atoms with Crippen LogP contribution in [0.2, 0.25) is 0 Å². The molecule has 1 saturated heterocycles. The van der Waals surface area contributed by atoms with Crippen molar-refractivity contribution in [2.45, 2.75) is 31.7 Å². The number of rotatable bonds is 3. The van der Waals surface area contributed by atoms with Gasteiger partial charge in [0.05, 0.1) is 5.56 Å². The summed E-state index contributed by atoms with van der Waals surface area (Å²) in [6.45, 7) is 0.804. The Morgan fingerprint density at radius 3 is 3.00 bits per heavy atom. The van der Waals surface area contributed by atoms with Gasteiger partial charge in [-0.3, -0.25) is 4.79 Å². The van der Waals surface area contributed by atoms with Crippen molar-refractivity contribution in [3.63, 3.8) is 0 Å². The summed E-state index contributed by atoms with van der Waals surface area (Å²) < 4.78 is 0. The van der Waals surface area contributed by atoms with Gasteiger partial charge in [-0.25, -0.2) is 4.98 Å². The third kappa shape index (κ3) is 3.32. The predicted octanol–water partition coefficient (Wildman–Crippen LogP) is 2.73. The van der Waals surface area contributed by atoms with Crippen LogP contribution in [0.4, 0.5) is 0 Å². The molecule has 19 heavy (non-hydrogen) atoms. The molecule has 2 heterocycles. The SMILES string of the molecule is N#Cc1ccc(C(=O)N2CCCCC2CCBr)nc1. The van der Waals surface area contributed by atoms with Crippen LogP contribution in [0.1, 0.15) is 41.7 Å². The average molecular weight is 322 g/mol. The Labute approximate surface area is 121 Å². The van der Waals surface area contributed by atoms with Gasteiger partial charge < -0.3 is 4.90 Å². The van der Waals surface area contributed by atoms with Gasteiger partial charge in [0.1, 0.15) is 11.8 Å². The minimum Gasteiger partial charge on any atom is -0.334 e. The highest BCUT2D eigenvalue weighted by atomic mass is 79.9. The zero-order valence-electron chi connectivity index (χ0n) is 10.7. The zero-order valence-corrected chi connectivity index (χ0v) is 12.3. The second-order valence-corrected chi connectivity index (χ2v) is 5.46. The molecule has 0 aliphatic carbocycles. The maximum atomic E-state index is 12.4. The number of carbonyl (C=O) groups is 1. The van der Waals surface area contributed by atoms with Gasteiger partial charge in [0.15, 0.2) is 0 Å². The van der Waals surface area contributed by atoms with E-state index in [1.165, 1.54) is 12.6 Å². The normalized spacial score (nSPS) is 18.9. The molecule has 1 atom stereocenters. The van der Waals surface area contributed by atoms with Crippen LogP contribution in [-0.4, -0.2) is 33.7 Å². The van der Waals surface area contributed by atoms with Crippen molar-refractivity contribution in [3.05, 3.63) is 29.6 Å². The molecule has 0 spiro atoms. The number of aromatic nitrogens is 1. The van der Waals surface area contributed by atoms with Crippen LogP contribution in [0, 0.1) is 11.3 Å². The lowest BCUT2D eigenvalue weighted by atomic mass is 9.99. The fourth-order valence-electron chi connectivity index (χ4n) is 2.43. The number of nitriles is 1. The maximum Gasteiger partial charge on any atom is 0.272 e. The molecular weight excluding hydrogens is 306 g/mol. The molecule has 0 N–H and O–H groups in total. The van der Waals surface area contributed by atoms with E-state index in [2.05, 4.69) is 20.9 Å². The quantitative estimate of drug-likeness (QED) is 0.804. The van der Waals surface area contributed by atoms with Crippen LogP contribution in [0.25, 0.3) is 0 Å². The summed E-state index contributed by atoms with van der Waals surface area (Å²) in [4.78, 5) is 18.5. The van der Waals surface area contributed by atoms with Gasteiger partial charge in [0, 0.05) is 24.1 Å². The number of carbonyl (C=O) groups excluding carboxylic acids is 1. The standard InChI is InChI=1S/C14H16BrN3O/c15-7-6-12-3-1-2-8-18(12)14(19)13-5-4-11(9-16)10-17-13/h4-5,10,12H,1-3,6-8H2. The van der Waals surface area contributed by atoms with Gasteiger partial charge in [-0.1, -0.05) is 15.9 Å². The first kappa shape index (κ1) is 14.0. The number of pyridine rings is 1. The number of nitrogens with zero attached hydrogens (tertiary/aromatic N) is 3. The number of hydrogen-bond donors (Lipinski definition) is 0. The Morgan fingerprint density at radius 2 is 2.37 bits per heavy atom. The van der Waals surface area contributed by atoms with E-state index in [9.17, 15) is 4.79 Å². The van der Waals surface area contributed by atoms with Crippen LogP contribution < -0.4 is 0 Å². The molecule has 0 aromatic carbocycles. The smallest absolute Gasteiger partial charge is 0.272 e. The number of piperidine rings is 1. The van der Waals surface area contributed by atoms with Crippen molar-refractivity contribution in [2.24, 2.45) is 0 Å². The Kier molecular flexibility index (Phi) is 4.92. The average Bonchev–Trinajstić information content (AvgIpc) is 2.47. The van der Waals surface area contributed by atoms with E-state index in [1.54, 1.807) is 12.1 Å². The van der Waals surface area contributed by atoms with E-state index in [0.717, 1.165) is 31.1 Å². The van der Waals surface area contributed by atoms with Gasteiger partial charge in [0.25, 0.3) is 5.91 Å². The molecule has 1 aliphatic rings. The molecule has 1 aromatic heterocycles. The van der Waals surface area contributed by atoms with Gasteiger partial charge in [0.2, 0.25) is 0 Å². The lowest BCUT2D eigenvalue weighted by Crippen LogP contribution is -2.44. The summed E-state index contributed by atoms with van der Waals surface area (Å²) >= 11 is 3.45. The second-order valence-electron chi connectivity index (χ2n) is 4.67. The third-order valence-corrected chi connectivity index (χ3v) is 3.90. The first-order valence-electron chi connectivity index (χ1n) is 6.49. The summed E-state index contributed by atoms with van der Waals surface area (Å²) in [6, 6.07) is 5.59. The zero-order chi connectivity index (χ0) is 13.7. The van der Waals surface area contributed by atoms with Crippen molar-refractivity contribution in [2.75, 3.05) is 11.9 Å². The topological polar surface area (TPSA) is 57.0 Å². The molecule has 2 rings (SSSR count). The molecule has 100 valence electrons. The molecule has 1 aliphatic heterocycles. The number of amides is 1. The summed E-state index contributed by atoms with van der Waals surface area (Å²) in [7, 11) is 0. The number of likely N-dealkylation sites (tertiary alicyclic amines) is 1. The fourth-order valence-corrected chi connectivity index (χ4v) is 2.96. The van der Waals surface area contributed by atoms with Crippen molar-refractivity contribution < 1.29 is 4.79 Å². The molecular formula is C14H16BrN3O. The first-order valence-corrected chi connectivity index (χ1v) is 7.61. The first-order chi connectivity index (χ1) is 9.26. The van der Waals surface area contributed by atoms with Crippen LogP contribution in [0.5, 0.6) is 0 Å². The van der Waals surface area contributed by atoms with Crippen LogP contribution in [0.15, 0.2) is 18.3 Å². The van der Waals surface area contributed by atoms with E-state index >= 15 is 0 Å². The molecule has 0 saturated carbocycles. The Balaban J connectivity index is 2.14. The van der Waals surface area contributed by atoms with Crippen LogP contribution >= 0.6 is 15.9 Å². The molecule has 1 fully saturated rings. The summed E-state index contributed by atoms with van der Waals surface area (Å²) in [5.74, 6) is -0.0184. The van der Waals surface area contributed by atoms with Gasteiger partial charge in [-0.2, -0.15) is 5.26 Å². The lowest BCUT2D eigenvalue weighted by molar-refractivity contribution is 0.0604. The van der Waals surface area contributed by atoms with Crippen molar-refractivity contribution >= 4 is 21.8 Å². The highest BCUT2D eigenvalue weighted by molar-refractivity contribution is 9.09. The van der Waals surface area contributed by atoms with Crippen LogP contribution in [0.3, 0.4) is 0 Å². The minimum atomic E-state index is -0.0184. The molecule has 1 amide bonds.